The molecule has 3 heterocycles. The Hall–Kier alpha value is -3.45. The van der Waals surface area contributed by atoms with E-state index in [1.165, 1.54) is 0 Å². The molecule has 0 spiro atoms. The molecule has 5 rings (SSSR count). The molecule has 0 radical (unpaired) electrons. The first-order chi connectivity index (χ1) is 14.3. The zero-order chi connectivity index (χ0) is 19.6. The molecule has 1 N–H and O–H groups in total. The van der Waals surface area contributed by atoms with Gasteiger partial charge >= 0.3 is 0 Å². The van der Waals surface area contributed by atoms with Gasteiger partial charge in [0.1, 0.15) is 11.5 Å². The minimum atomic E-state index is -0.00114. The van der Waals surface area contributed by atoms with Gasteiger partial charge in [-0.05, 0) is 17.7 Å². The highest BCUT2D eigenvalue weighted by Gasteiger charge is 2.14. The van der Waals surface area contributed by atoms with Gasteiger partial charge in [0.25, 0.3) is 0 Å². The molecule has 0 bridgehead atoms. The van der Waals surface area contributed by atoms with Gasteiger partial charge in [-0.15, -0.1) is 5.10 Å². The number of anilines is 1. The van der Waals surface area contributed by atoms with Crippen LogP contribution in [0, 0.1) is 0 Å². The number of morpholine rings is 1. The molecule has 2 aromatic carbocycles. The topological polar surface area (TPSA) is 76.0 Å². The molecule has 2 aromatic heterocycles. The van der Waals surface area contributed by atoms with E-state index >= 15 is 0 Å². The van der Waals surface area contributed by atoms with Crippen molar-refractivity contribution in [2.45, 2.75) is 6.54 Å². The third kappa shape index (κ3) is 3.64. The molecular formula is C22H21N5O2. The highest BCUT2D eigenvalue weighted by atomic mass is 16.5. The van der Waals surface area contributed by atoms with E-state index in [0.717, 1.165) is 41.2 Å². The van der Waals surface area contributed by atoms with Crippen LogP contribution in [0.5, 0.6) is 0 Å². The molecule has 29 heavy (non-hydrogen) atoms. The van der Waals surface area contributed by atoms with Crippen molar-refractivity contribution >= 4 is 16.7 Å². The quantitative estimate of drug-likeness (QED) is 0.583. The summed E-state index contributed by atoms with van der Waals surface area (Å²) in [6.07, 6.45) is 1.91. The minimum Gasteiger partial charge on any atom is -0.378 e. The Morgan fingerprint density at radius 3 is 2.69 bits per heavy atom. The summed E-state index contributed by atoms with van der Waals surface area (Å²) in [6, 6.07) is 17.6. The van der Waals surface area contributed by atoms with Gasteiger partial charge in [-0.1, -0.05) is 41.6 Å². The lowest BCUT2D eigenvalue weighted by Crippen LogP contribution is -2.37. The lowest BCUT2D eigenvalue weighted by Gasteiger charge is -2.28. The predicted octanol–water partition coefficient (Wildman–Crippen LogP) is 2.67. The van der Waals surface area contributed by atoms with Crippen LogP contribution < -0.4 is 10.3 Å². The summed E-state index contributed by atoms with van der Waals surface area (Å²) >= 11 is 0. The normalized spacial score (nSPS) is 14.4. The Morgan fingerprint density at radius 2 is 1.86 bits per heavy atom. The van der Waals surface area contributed by atoms with Crippen LogP contribution in [0.1, 0.15) is 5.56 Å². The zero-order valence-corrected chi connectivity index (χ0v) is 15.9. The molecule has 7 heteroatoms. The SMILES string of the molecule is O=c1cc(N2CCOCC2)[nH]c2ccc(-c3cn(Cc4ccccc4)nn3)cc12. The van der Waals surface area contributed by atoms with E-state index in [-0.39, 0.29) is 5.43 Å². The first-order valence-electron chi connectivity index (χ1n) is 9.70. The van der Waals surface area contributed by atoms with Crippen LogP contribution in [-0.4, -0.2) is 46.3 Å². The fourth-order valence-corrected chi connectivity index (χ4v) is 3.65. The van der Waals surface area contributed by atoms with Gasteiger partial charge in [0.05, 0.1) is 31.5 Å². The standard InChI is InChI=1S/C22H21N5O2/c28-21-13-22(26-8-10-29-11-9-26)23-19-7-6-17(12-18(19)21)20-15-27(25-24-20)14-16-4-2-1-3-5-16/h1-7,12-13,15H,8-11,14H2,(H,23,28). The first kappa shape index (κ1) is 17.6. The highest BCUT2D eigenvalue weighted by Crippen LogP contribution is 2.22. The lowest BCUT2D eigenvalue weighted by molar-refractivity contribution is 0.122. The second-order valence-corrected chi connectivity index (χ2v) is 7.17. The number of fused-ring (bicyclic) bond motifs is 1. The average Bonchev–Trinajstić information content (AvgIpc) is 3.23. The van der Waals surface area contributed by atoms with Crippen molar-refractivity contribution in [3.8, 4) is 11.3 Å². The van der Waals surface area contributed by atoms with Crippen molar-refractivity contribution in [3.05, 3.63) is 76.6 Å². The second-order valence-electron chi connectivity index (χ2n) is 7.17. The van der Waals surface area contributed by atoms with Crippen LogP contribution in [0.2, 0.25) is 0 Å². The number of ether oxygens (including phenoxy) is 1. The van der Waals surface area contributed by atoms with E-state index in [9.17, 15) is 4.79 Å². The van der Waals surface area contributed by atoms with Crippen molar-refractivity contribution in [1.29, 1.82) is 0 Å². The molecule has 0 atom stereocenters. The molecule has 0 unspecified atom stereocenters. The molecule has 1 saturated heterocycles. The molecule has 0 aliphatic carbocycles. The number of nitrogens with zero attached hydrogens (tertiary/aromatic N) is 4. The summed E-state index contributed by atoms with van der Waals surface area (Å²) in [5.74, 6) is 0.840. The van der Waals surface area contributed by atoms with Crippen molar-refractivity contribution in [1.82, 2.24) is 20.0 Å². The number of H-pyrrole nitrogens is 1. The van der Waals surface area contributed by atoms with Gasteiger partial charge in [0.2, 0.25) is 0 Å². The molecule has 0 saturated carbocycles. The van der Waals surface area contributed by atoms with Crippen molar-refractivity contribution in [2.75, 3.05) is 31.2 Å². The van der Waals surface area contributed by atoms with Gasteiger partial charge in [0, 0.05) is 30.1 Å². The number of aromatic amines is 1. The molecule has 1 fully saturated rings. The van der Waals surface area contributed by atoms with Crippen LogP contribution in [0.3, 0.4) is 0 Å². The minimum absolute atomic E-state index is 0.00114. The lowest BCUT2D eigenvalue weighted by atomic mass is 10.1. The van der Waals surface area contributed by atoms with E-state index in [1.807, 2.05) is 42.6 Å². The molecule has 1 aliphatic heterocycles. The van der Waals surface area contributed by atoms with E-state index in [2.05, 4.69) is 32.3 Å². The molecule has 4 aromatic rings. The fourth-order valence-electron chi connectivity index (χ4n) is 3.65. The third-order valence-electron chi connectivity index (χ3n) is 5.19. The largest absolute Gasteiger partial charge is 0.378 e. The summed E-state index contributed by atoms with van der Waals surface area (Å²) in [5.41, 5.74) is 3.61. The molecule has 146 valence electrons. The maximum Gasteiger partial charge on any atom is 0.191 e. The smallest absolute Gasteiger partial charge is 0.191 e. The maximum atomic E-state index is 12.8. The maximum absolute atomic E-state index is 12.8. The number of hydrogen-bond donors (Lipinski definition) is 1. The number of benzene rings is 2. The Morgan fingerprint density at radius 1 is 1.03 bits per heavy atom. The summed E-state index contributed by atoms with van der Waals surface area (Å²) < 4.78 is 7.20. The van der Waals surface area contributed by atoms with Gasteiger partial charge in [0.15, 0.2) is 5.43 Å². The molecule has 7 nitrogen and oxygen atoms in total. The van der Waals surface area contributed by atoms with Gasteiger partial charge in [-0.25, -0.2) is 4.68 Å². The Balaban J connectivity index is 1.44. The fraction of sp³-hybridized carbons (Fsp3) is 0.227. The van der Waals surface area contributed by atoms with E-state index < -0.39 is 0 Å². The van der Waals surface area contributed by atoms with Crippen molar-refractivity contribution in [3.63, 3.8) is 0 Å². The summed E-state index contributed by atoms with van der Waals surface area (Å²) in [4.78, 5) is 18.3. The highest BCUT2D eigenvalue weighted by molar-refractivity contribution is 5.84. The Labute approximate surface area is 167 Å². The number of nitrogens with one attached hydrogen (secondary N) is 1. The zero-order valence-electron chi connectivity index (χ0n) is 15.9. The summed E-state index contributed by atoms with van der Waals surface area (Å²) in [5, 5.41) is 9.17. The van der Waals surface area contributed by atoms with Crippen LogP contribution in [-0.2, 0) is 11.3 Å². The van der Waals surface area contributed by atoms with Crippen LogP contribution in [0.15, 0.2) is 65.6 Å². The van der Waals surface area contributed by atoms with E-state index in [4.69, 9.17) is 4.74 Å². The summed E-state index contributed by atoms with van der Waals surface area (Å²) in [6.45, 7) is 3.58. The van der Waals surface area contributed by atoms with Crippen LogP contribution in [0.4, 0.5) is 5.82 Å². The average molecular weight is 387 g/mol. The Kier molecular flexibility index (Phi) is 4.57. The van der Waals surface area contributed by atoms with E-state index in [0.29, 0.717) is 25.1 Å². The first-order valence-corrected chi connectivity index (χ1v) is 9.70. The molecular weight excluding hydrogens is 366 g/mol. The number of aromatic nitrogens is 4. The van der Waals surface area contributed by atoms with E-state index in [1.54, 1.807) is 10.7 Å². The van der Waals surface area contributed by atoms with Gasteiger partial charge in [-0.3, -0.25) is 4.79 Å². The second kappa shape index (κ2) is 7.52. The van der Waals surface area contributed by atoms with Gasteiger partial charge < -0.3 is 14.6 Å². The Bertz CT molecular complexity index is 1190. The van der Waals surface area contributed by atoms with Crippen molar-refractivity contribution in [2.24, 2.45) is 0 Å². The number of rotatable bonds is 4. The number of pyridine rings is 1. The number of hydrogen-bond acceptors (Lipinski definition) is 5. The molecule has 0 amide bonds. The third-order valence-corrected chi connectivity index (χ3v) is 5.19. The predicted molar refractivity (Wildman–Crippen MR) is 112 cm³/mol. The van der Waals surface area contributed by atoms with Gasteiger partial charge in [-0.2, -0.15) is 0 Å². The van der Waals surface area contributed by atoms with Crippen molar-refractivity contribution < 1.29 is 4.74 Å². The molecule has 1 aliphatic rings. The summed E-state index contributed by atoms with van der Waals surface area (Å²) in [7, 11) is 0. The van der Waals surface area contributed by atoms with Crippen LogP contribution >= 0.6 is 0 Å². The monoisotopic (exact) mass is 387 g/mol. The van der Waals surface area contributed by atoms with Crippen LogP contribution in [0.25, 0.3) is 22.2 Å².